The van der Waals surface area contributed by atoms with Gasteiger partial charge in [-0.1, -0.05) is 42.5 Å². The molecule has 2 aromatic carbocycles. The third kappa shape index (κ3) is 6.39. The van der Waals surface area contributed by atoms with E-state index in [0.717, 1.165) is 37.1 Å². The van der Waals surface area contributed by atoms with Crippen molar-refractivity contribution in [1.82, 2.24) is 15.5 Å². The molecule has 5 nitrogen and oxygen atoms in total. The van der Waals surface area contributed by atoms with Crippen LogP contribution in [0.3, 0.4) is 0 Å². The van der Waals surface area contributed by atoms with Crippen LogP contribution in [-0.2, 0) is 22.7 Å². The van der Waals surface area contributed by atoms with Crippen LogP contribution in [0.1, 0.15) is 29.5 Å². The van der Waals surface area contributed by atoms with Crippen LogP contribution in [0.15, 0.2) is 48.5 Å². The van der Waals surface area contributed by atoms with E-state index in [2.05, 4.69) is 15.5 Å². The summed E-state index contributed by atoms with van der Waals surface area (Å²) in [6, 6.07) is 14.8. The molecule has 0 spiro atoms. The van der Waals surface area contributed by atoms with Gasteiger partial charge in [0.2, 0.25) is 11.8 Å². The van der Waals surface area contributed by atoms with Gasteiger partial charge in [0.05, 0.1) is 6.54 Å². The number of likely N-dealkylation sites (tertiary alicyclic amines) is 1. The van der Waals surface area contributed by atoms with Crippen molar-refractivity contribution < 1.29 is 14.0 Å². The number of piperidine rings is 1. The van der Waals surface area contributed by atoms with Crippen molar-refractivity contribution in [3.63, 3.8) is 0 Å². The summed E-state index contributed by atoms with van der Waals surface area (Å²) in [5.74, 6) is -0.318. The van der Waals surface area contributed by atoms with Gasteiger partial charge in [-0.25, -0.2) is 4.39 Å². The molecule has 1 heterocycles. The number of carbonyl (C=O) groups is 2. The second-order valence-corrected chi connectivity index (χ2v) is 7.61. The van der Waals surface area contributed by atoms with Crippen molar-refractivity contribution in [2.45, 2.75) is 32.9 Å². The average Bonchev–Trinajstić information content (AvgIpc) is 2.74. The molecule has 3 rings (SSSR count). The predicted octanol–water partition coefficient (Wildman–Crippen LogP) is 2.78. The van der Waals surface area contributed by atoms with Crippen LogP contribution in [0.4, 0.5) is 4.39 Å². The Hall–Kier alpha value is -2.73. The van der Waals surface area contributed by atoms with E-state index in [1.807, 2.05) is 36.4 Å². The predicted molar refractivity (Wildman–Crippen MR) is 110 cm³/mol. The number of rotatable bonds is 7. The van der Waals surface area contributed by atoms with Crippen LogP contribution in [0.2, 0.25) is 0 Å². The Morgan fingerprint density at radius 3 is 2.38 bits per heavy atom. The highest BCUT2D eigenvalue weighted by Crippen LogP contribution is 2.17. The van der Waals surface area contributed by atoms with Crippen LogP contribution in [0, 0.1) is 18.7 Å². The molecule has 0 aromatic heterocycles. The summed E-state index contributed by atoms with van der Waals surface area (Å²) in [6.07, 6.45) is 1.44. The molecule has 1 fully saturated rings. The van der Waals surface area contributed by atoms with Crippen molar-refractivity contribution in [2.24, 2.45) is 5.92 Å². The monoisotopic (exact) mass is 397 g/mol. The minimum Gasteiger partial charge on any atom is -0.352 e. The van der Waals surface area contributed by atoms with Crippen molar-refractivity contribution in [1.29, 1.82) is 0 Å². The smallest absolute Gasteiger partial charge is 0.234 e. The zero-order chi connectivity index (χ0) is 20.6. The summed E-state index contributed by atoms with van der Waals surface area (Å²) in [6.45, 7) is 4.36. The van der Waals surface area contributed by atoms with E-state index in [1.54, 1.807) is 13.0 Å². The van der Waals surface area contributed by atoms with Gasteiger partial charge in [-0.05, 0) is 55.6 Å². The molecule has 6 heteroatoms. The van der Waals surface area contributed by atoms with Crippen LogP contribution < -0.4 is 10.6 Å². The first-order chi connectivity index (χ1) is 14.0. The summed E-state index contributed by atoms with van der Waals surface area (Å²) >= 11 is 0. The van der Waals surface area contributed by atoms with Crippen LogP contribution in [0.5, 0.6) is 0 Å². The van der Waals surface area contributed by atoms with Gasteiger partial charge in [-0.15, -0.1) is 0 Å². The van der Waals surface area contributed by atoms with Gasteiger partial charge in [0, 0.05) is 19.0 Å². The molecule has 0 saturated carbocycles. The molecule has 0 bridgehead atoms. The molecule has 29 heavy (non-hydrogen) atoms. The molecular formula is C23H28FN3O2. The summed E-state index contributed by atoms with van der Waals surface area (Å²) in [5, 5.41) is 5.84. The minimum atomic E-state index is -0.254. The fourth-order valence-corrected chi connectivity index (χ4v) is 3.49. The number of aryl methyl sites for hydroxylation is 1. The van der Waals surface area contributed by atoms with E-state index in [1.165, 1.54) is 6.07 Å². The molecule has 2 amide bonds. The Morgan fingerprint density at radius 2 is 1.69 bits per heavy atom. The minimum absolute atomic E-state index is 0.000776. The molecule has 0 unspecified atom stereocenters. The summed E-state index contributed by atoms with van der Waals surface area (Å²) in [5.41, 5.74) is 2.43. The SMILES string of the molecule is Cc1ccc(CNC(=O)C2CCN(CC(=O)NCc3ccccc3)CC2)cc1F. The zero-order valence-electron chi connectivity index (χ0n) is 16.8. The summed E-state index contributed by atoms with van der Waals surface area (Å²) in [7, 11) is 0. The third-order valence-corrected chi connectivity index (χ3v) is 5.36. The van der Waals surface area contributed by atoms with E-state index >= 15 is 0 Å². The van der Waals surface area contributed by atoms with Crippen molar-refractivity contribution in [3.05, 3.63) is 71.0 Å². The lowest BCUT2D eigenvalue weighted by Gasteiger charge is -2.30. The normalized spacial score (nSPS) is 15.1. The molecule has 0 radical (unpaired) electrons. The molecule has 0 atom stereocenters. The first kappa shape index (κ1) is 21.0. The maximum absolute atomic E-state index is 13.6. The van der Waals surface area contributed by atoms with Crippen LogP contribution in [0.25, 0.3) is 0 Å². The van der Waals surface area contributed by atoms with E-state index < -0.39 is 0 Å². The van der Waals surface area contributed by atoms with E-state index in [9.17, 15) is 14.0 Å². The van der Waals surface area contributed by atoms with Gasteiger partial charge >= 0.3 is 0 Å². The average molecular weight is 397 g/mol. The highest BCUT2D eigenvalue weighted by atomic mass is 19.1. The van der Waals surface area contributed by atoms with E-state index in [0.29, 0.717) is 25.2 Å². The Labute approximate surface area is 171 Å². The largest absolute Gasteiger partial charge is 0.352 e. The van der Waals surface area contributed by atoms with Gasteiger partial charge in [-0.3, -0.25) is 14.5 Å². The Bertz CT molecular complexity index is 833. The molecule has 2 N–H and O–H groups in total. The third-order valence-electron chi connectivity index (χ3n) is 5.36. The molecule has 2 aromatic rings. The number of carbonyl (C=O) groups excluding carboxylic acids is 2. The van der Waals surface area contributed by atoms with E-state index in [-0.39, 0.29) is 23.5 Å². The van der Waals surface area contributed by atoms with Crippen molar-refractivity contribution in [3.8, 4) is 0 Å². The maximum Gasteiger partial charge on any atom is 0.234 e. The molecule has 1 saturated heterocycles. The Morgan fingerprint density at radius 1 is 1.00 bits per heavy atom. The number of hydrogen-bond acceptors (Lipinski definition) is 3. The lowest BCUT2D eigenvalue weighted by molar-refractivity contribution is -0.127. The van der Waals surface area contributed by atoms with Gasteiger partial charge in [-0.2, -0.15) is 0 Å². The summed E-state index contributed by atoms with van der Waals surface area (Å²) in [4.78, 5) is 26.6. The Kier molecular flexibility index (Phi) is 7.36. The summed E-state index contributed by atoms with van der Waals surface area (Å²) < 4.78 is 13.6. The number of halogens is 1. The van der Waals surface area contributed by atoms with Gasteiger partial charge < -0.3 is 10.6 Å². The number of nitrogens with zero attached hydrogens (tertiary/aromatic N) is 1. The second-order valence-electron chi connectivity index (χ2n) is 7.61. The number of amides is 2. The van der Waals surface area contributed by atoms with Gasteiger partial charge in [0.25, 0.3) is 0 Å². The fraction of sp³-hybridized carbons (Fsp3) is 0.391. The topological polar surface area (TPSA) is 61.4 Å². The quantitative estimate of drug-likeness (QED) is 0.755. The number of benzene rings is 2. The number of hydrogen-bond donors (Lipinski definition) is 2. The van der Waals surface area contributed by atoms with Gasteiger partial charge in [0.15, 0.2) is 0 Å². The molecular weight excluding hydrogens is 369 g/mol. The first-order valence-corrected chi connectivity index (χ1v) is 10.1. The molecule has 1 aliphatic heterocycles. The first-order valence-electron chi connectivity index (χ1n) is 10.1. The van der Waals surface area contributed by atoms with Crippen molar-refractivity contribution >= 4 is 11.8 Å². The zero-order valence-corrected chi connectivity index (χ0v) is 16.8. The molecule has 154 valence electrons. The van der Waals surface area contributed by atoms with E-state index in [4.69, 9.17) is 0 Å². The lowest BCUT2D eigenvalue weighted by Crippen LogP contribution is -2.44. The lowest BCUT2D eigenvalue weighted by atomic mass is 9.96. The van der Waals surface area contributed by atoms with Crippen LogP contribution in [-0.4, -0.2) is 36.3 Å². The highest BCUT2D eigenvalue weighted by molar-refractivity contribution is 5.79. The fourth-order valence-electron chi connectivity index (χ4n) is 3.49. The maximum atomic E-state index is 13.6. The van der Waals surface area contributed by atoms with Crippen molar-refractivity contribution in [2.75, 3.05) is 19.6 Å². The highest BCUT2D eigenvalue weighted by Gasteiger charge is 2.25. The molecule has 0 aliphatic carbocycles. The van der Waals surface area contributed by atoms with Gasteiger partial charge in [0.1, 0.15) is 5.82 Å². The second kappa shape index (κ2) is 10.2. The Balaban J connectivity index is 1.36. The number of nitrogens with one attached hydrogen (secondary N) is 2. The van der Waals surface area contributed by atoms with Crippen LogP contribution >= 0.6 is 0 Å². The standard InChI is InChI=1S/C23H28FN3O2/c1-17-7-8-19(13-21(17)24)15-26-23(29)20-9-11-27(12-10-20)16-22(28)25-14-18-5-3-2-4-6-18/h2-8,13,20H,9-12,14-16H2,1H3,(H,25,28)(H,26,29). The molecule has 1 aliphatic rings.